The number of nitrogens with one attached hydrogen (secondary N) is 1. The van der Waals surface area contributed by atoms with Crippen molar-refractivity contribution in [2.24, 2.45) is 0 Å². The van der Waals surface area contributed by atoms with Crippen molar-refractivity contribution in [3.8, 4) is 5.69 Å². The fourth-order valence-corrected chi connectivity index (χ4v) is 3.74. The summed E-state index contributed by atoms with van der Waals surface area (Å²) in [5, 5.41) is 15.1. The lowest BCUT2D eigenvalue weighted by Crippen LogP contribution is -2.09. The summed E-state index contributed by atoms with van der Waals surface area (Å²) in [6.07, 6.45) is 1.70. The van der Waals surface area contributed by atoms with Gasteiger partial charge in [-0.2, -0.15) is 4.68 Å². The van der Waals surface area contributed by atoms with Crippen LogP contribution in [-0.2, 0) is 17.6 Å². The molecule has 1 heterocycles. The van der Waals surface area contributed by atoms with E-state index in [4.69, 9.17) is 0 Å². The number of thioether (sulfide) groups is 1. The number of rotatable bonds is 8. The predicted molar refractivity (Wildman–Crippen MR) is 114 cm³/mol. The van der Waals surface area contributed by atoms with Gasteiger partial charge in [0.15, 0.2) is 5.78 Å². The molecule has 0 fully saturated rings. The number of hydrogen-bond acceptors (Lipinski definition) is 6. The van der Waals surface area contributed by atoms with Crippen LogP contribution >= 0.6 is 11.8 Å². The summed E-state index contributed by atoms with van der Waals surface area (Å²) in [6, 6.07) is 13.3. The van der Waals surface area contributed by atoms with E-state index in [1.165, 1.54) is 18.7 Å². The van der Waals surface area contributed by atoms with E-state index < -0.39 is 0 Å². The van der Waals surface area contributed by atoms with Crippen LogP contribution in [0.15, 0.2) is 47.6 Å². The minimum atomic E-state index is -0.153. The Morgan fingerprint density at radius 3 is 2.66 bits per heavy atom. The molecule has 29 heavy (non-hydrogen) atoms. The summed E-state index contributed by atoms with van der Waals surface area (Å²) in [5.41, 5.74) is 4.33. The van der Waals surface area contributed by atoms with Crippen molar-refractivity contribution in [1.29, 1.82) is 0 Å². The molecule has 1 amide bonds. The monoisotopic (exact) mass is 409 g/mol. The molecule has 0 radical (unpaired) electrons. The highest BCUT2D eigenvalue weighted by atomic mass is 32.2. The van der Waals surface area contributed by atoms with E-state index in [0.29, 0.717) is 16.5 Å². The zero-order valence-corrected chi connectivity index (χ0v) is 17.5. The number of carbonyl (C=O) groups excluding carboxylic acids is 2. The van der Waals surface area contributed by atoms with Crippen molar-refractivity contribution in [1.82, 2.24) is 20.2 Å². The number of benzene rings is 2. The first kappa shape index (κ1) is 20.7. The molecule has 0 saturated carbocycles. The Balaban J connectivity index is 1.78. The third kappa shape index (κ3) is 5.08. The lowest BCUT2D eigenvalue weighted by atomic mass is 9.98. The van der Waals surface area contributed by atoms with E-state index in [1.807, 2.05) is 31.2 Å². The second-order valence-electron chi connectivity index (χ2n) is 6.52. The highest BCUT2D eigenvalue weighted by molar-refractivity contribution is 7.99. The topological polar surface area (TPSA) is 89.8 Å². The zero-order chi connectivity index (χ0) is 20.8. The van der Waals surface area contributed by atoms with Crippen LogP contribution in [0.4, 0.5) is 5.69 Å². The molecule has 0 aliphatic rings. The molecule has 8 heteroatoms. The molecule has 0 bridgehead atoms. The molecule has 1 aromatic heterocycles. The summed E-state index contributed by atoms with van der Waals surface area (Å²) in [6.45, 7) is 5.58. The van der Waals surface area contributed by atoms with Crippen LogP contribution in [0.5, 0.6) is 0 Å². The SMILES string of the molecule is CCc1ccc(CC)c(C(=O)CSc2nnnn2-c2cccc(NC(C)=O)c2)c1. The van der Waals surface area contributed by atoms with Gasteiger partial charge in [-0.25, -0.2) is 0 Å². The van der Waals surface area contributed by atoms with Crippen LogP contribution in [0.25, 0.3) is 5.69 Å². The Morgan fingerprint density at radius 1 is 1.10 bits per heavy atom. The first-order valence-corrected chi connectivity index (χ1v) is 10.4. The third-order valence-corrected chi connectivity index (χ3v) is 5.37. The van der Waals surface area contributed by atoms with Gasteiger partial charge in [0, 0.05) is 18.2 Å². The van der Waals surface area contributed by atoms with Crippen LogP contribution in [0.1, 0.15) is 42.3 Å². The summed E-state index contributed by atoms with van der Waals surface area (Å²) >= 11 is 1.29. The zero-order valence-electron chi connectivity index (χ0n) is 16.7. The van der Waals surface area contributed by atoms with Gasteiger partial charge >= 0.3 is 0 Å². The molecule has 7 nitrogen and oxygen atoms in total. The smallest absolute Gasteiger partial charge is 0.221 e. The Bertz CT molecular complexity index is 1030. The normalized spacial score (nSPS) is 10.7. The van der Waals surface area contributed by atoms with Crippen molar-refractivity contribution in [3.05, 3.63) is 59.2 Å². The van der Waals surface area contributed by atoms with Crippen LogP contribution in [0.2, 0.25) is 0 Å². The van der Waals surface area contributed by atoms with Gasteiger partial charge in [-0.15, -0.1) is 5.10 Å². The highest BCUT2D eigenvalue weighted by Gasteiger charge is 2.15. The van der Waals surface area contributed by atoms with E-state index in [-0.39, 0.29) is 17.4 Å². The van der Waals surface area contributed by atoms with Gasteiger partial charge in [-0.05, 0) is 58.7 Å². The maximum absolute atomic E-state index is 12.9. The summed E-state index contributed by atoms with van der Waals surface area (Å²) < 4.78 is 1.56. The first-order valence-electron chi connectivity index (χ1n) is 9.46. The van der Waals surface area contributed by atoms with Gasteiger partial charge in [-0.1, -0.05) is 43.8 Å². The lowest BCUT2D eigenvalue weighted by Gasteiger charge is -2.10. The Kier molecular flexibility index (Phi) is 6.77. The number of carbonyl (C=O) groups is 2. The Labute approximate surface area is 173 Å². The van der Waals surface area contributed by atoms with E-state index >= 15 is 0 Å². The molecule has 150 valence electrons. The molecule has 0 atom stereocenters. The Hall–Kier alpha value is -3.00. The first-order chi connectivity index (χ1) is 14.0. The number of amides is 1. The standard InChI is InChI=1S/C21H23N5O2S/c1-4-15-9-10-16(5-2)19(11-15)20(28)13-29-21-23-24-25-26(21)18-8-6-7-17(12-18)22-14(3)27/h6-12H,4-5,13H2,1-3H3,(H,22,27). The summed E-state index contributed by atoms with van der Waals surface area (Å²) in [7, 11) is 0. The quantitative estimate of drug-likeness (QED) is 0.450. The second-order valence-corrected chi connectivity index (χ2v) is 7.46. The summed E-state index contributed by atoms with van der Waals surface area (Å²) in [4.78, 5) is 24.2. The molecular formula is C21H23N5O2S. The van der Waals surface area contributed by atoms with Crippen molar-refractivity contribution in [2.45, 2.75) is 38.8 Å². The molecule has 0 spiro atoms. The largest absolute Gasteiger partial charge is 0.326 e. The van der Waals surface area contributed by atoms with Gasteiger partial charge in [0.05, 0.1) is 11.4 Å². The number of nitrogens with zero attached hydrogens (tertiary/aromatic N) is 4. The van der Waals surface area contributed by atoms with Crippen LogP contribution < -0.4 is 5.32 Å². The third-order valence-electron chi connectivity index (χ3n) is 4.45. The number of aryl methyl sites for hydroxylation is 2. The van der Waals surface area contributed by atoms with Crippen molar-refractivity contribution >= 4 is 29.1 Å². The number of Topliss-reactive ketones (excluding diaryl/α,β-unsaturated/α-hetero) is 1. The molecule has 3 aromatic rings. The highest BCUT2D eigenvalue weighted by Crippen LogP contribution is 2.23. The average molecular weight is 410 g/mol. The lowest BCUT2D eigenvalue weighted by molar-refractivity contribution is -0.114. The number of tetrazole rings is 1. The Morgan fingerprint density at radius 2 is 1.93 bits per heavy atom. The van der Waals surface area contributed by atoms with Crippen molar-refractivity contribution in [2.75, 3.05) is 11.1 Å². The van der Waals surface area contributed by atoms with E-state index in [0.717, 1.165) is 29.5 Å². The maximum atomic E-state index is 12.9. The van der Waals surface area contributed by atoms with E-state index in [1.54, 1.807) is 16.8 Å². The fraction of sp³-hybridized carbons (Fsp3) is 0.286. The molecule has 2 aromatic carbocycles. The van der Waals surface area contributed by atoms with E-state index in [2.05, 4.69) is 33.8 Å². The number of hydrogen-bond donors (Lipinski definition) is 1. The van der Waals surface area contributed by atoms with Gasteiger partial charge in [0.25, 0.3) is 0 Å². The van der Waals surface area contributed by atoms with Crippen molar-refractivity contribution in [3.63, 3.8) is 0 Å². The molecular weight excluding hydrogens is 386 g/mol. The molecule has 3 rings (SSSR count). The van der Waals surface area contributed by atoms with Gasteiger partial charge in [0.2, 0.25) is 11.1 Å². The molecule has 0 aliphatic carbocycles. The number of ketones is 1. The van der Waals surface area contributed by atoms with Crippen molar-refractivity contribution < 1.29 is 9.59 Å². The predicted octanol–water partition coefficient (Wildman–Crippen LogP) is 3.72. The van der Waals surface area contributed by atoms with Crippen LogP contribution in [0.3, 0.4) is 0 Å². The van der Waals surface area contributed by atoms with Crippen LogP contribution in [0, 0.1) is 0 Å². The van der Waals surface area contributed by atoms with E-state index in [9.17, 15) is 9.59 Å². The van der Waals surface area contributed by atoms with Crippen LogP contribution in [-0.4, -0.2) is 37.7 Å². The number of anilines is 1. The molecule has 0 aliphatic heterocycles. The molecule has 0 saturated heterocycles. The fourth-order valence-electron chi connectivity index (χ4n) is 2.97. The van der Waals surface area contributed by atoms with Gasteiger partial charge in [-0.3, -0.25) is 9.59 Å². The molecule has 0 unspecified atom stereocenters. The average Bonchev–Trinajstić information content (AvgIpc) is 3.20. The van der Waals surface area contributed by atoms with Gasteiger partial charge < -0.3 is 5.32 Å². The minimum Gasteiger partial charge on any atom is -0.326 e. The molecule has 1 N–H and O–H groups in total. The second kappa shape index (κ2) is 9.47. The number of aromatic nitrogens is 4. The summed E-state index contributed by atoms with van der Waals surface area (Å²) in [5.74, 6) is 0.148. The minimum absolute atomic E-state index is 0.0590. The van der Waals surface area contributed by atoms with Gasteiger partial charge in [0.1, 0.15) is 0 Å². The maximum Gasteiger partial charge on any atom is 0.221 e.